The van der Waals surface area contributed by atoms with Crippen molar-refractivity contribution in [2.24, 2.45) is 5.41 Å². The molecule has 3 rings (SSSR count). The Bertz CT molecular complexity index is 1130. The molecule has 0 bridgehead atoms. The summed E-state index contributed by atoms with van der Waals surface area (Å²) in [6.45, 7) is 3.14. The standard InChI is InChI=1S/C25H28ClN3O5/c1-3-34-22-13-21(28-29-22)23(31)27-20(14-25(2,15-30)24(32)33)11-16-7-9-17(10-8-16)18-5-4-6-19(26)12-18/h4-10,12-13,20,30H,3,11,14-15H2,1-2H3,(H,27,31)(H,28,29)(H,32,33)/t20-,25+/m1/s1. The third-order valence-electron chi connectivity index (χ3n) is 5.58. The van der Waals surface area contributed by atoms with E-state index in [2.05, 4.69) is 15.5 Å². The molecule has 1 aromatic heterocycles. The number of carboxylic acids is 1. The first-order valence-corrected chi connectivity index (χ1v) is 11.3. The van der Waals surface area contributed by atoms with Crippen molar-refractivity contribution in [2.75, 3.05) is 13.2 Å². The minimum atomic E-state index is -1.42. The summed E-state index contributed by atoms with van der Waals surface area (Å²) in [5, 5.41) is 29.5. The second kappa shape index (κ2) is 11.2. The minimum Gasteiger partial charge on any atom is -0.481 e. The summed E-state index contributed by atoms with van der Waals surface area (Å²) in [4.78, 5) is 24.6. The number of nitrogens with zero attached hydrogens (tertiary/aromatic N) is 1. The first-order valence-electron chi connectivity index (χ1n) is 10.9. The summed E-state index contributed by atoms with van der Waals surface area (Å²) in [6.07, 6.45) is 0.399. The lowest BCUT2D eigenvalue weighted by Crippen LogP contribution is -2.44. The van der Waals surface area contributed by atoms with Gasteiger partial charge in [-0.3, -0.25) is 9.59 Å². The monoisotopic (exact) mass is 485 g/mol. The molecule has 1 amide bonds. The predicted octanol–water partition coefficient (Wildman–Crippen LogP) is 3.94. The number of hydrogen-bond donors (Lipinski definition) is 4. The molecular formula is C25H28ClN3O5. The lowest BCUT2D eigenvalue weighted by molar-refractivity contribution is -0.151. The summed E-state index contributed by atoms with van der Waals surface area (Å²) >= 11 is 6.09. The normalized spacial score (nSPS) is 13.6. The first-order chi connectivity index (χ1) is 16.2. The largest absolute Gasteiger partial charge is 0.481 e. The van der Waals surface area contributed by atoms with Crippen LogP contribution >= 0.6 is 11.6 Å². The Morgan fingerprint density at radius 2 is 1.91 bits per heavy atom. The van der Waals surface area contributed by atoms with Crippen molar-refractivity contribution in [1.29, 1.82) is 0 Å². The van der Waals surface area contributed by atoms with Gasteiger partial charge in [0, 0.05) is 17.1 Å². The molecule has 8 nitrogen and oxygen atoms in total. The molecule has 34 heavy (non-hydrogen) atoms. The highest BCUT2D eigenvalue weighted by Gasteiger charge is 2.36. The number of nitrogens with one attached hydrogen (secondary N) is 2. The van der Waals surface area contributed by atoms with E-state index < -0.39 is 29.9 Å². The fourth-order valence-corrected chi connectivity index (χ4v) is 3.82. The molecule has 0 saturated carbocycles. The van der Waals surface area contributed by atoms with E-state index in [9.17, 15) is 19.8 Å². The second-order valence-electron chi connectivity index (χ2n) is 8.36. The van der Waals surface area contributed by atoms with Crippen LogP contribution in [0.4, 0.5) is 0 Å². The van der Waals surface area contributed by atoms with Gasteiger partial charge in [-0.25, -0.2) is 5.10 Å². The highest BCUT2D eigenvalue weighted by molar-refractivity contribution is 6.30. The summed E-state index contributed by atoms with van der Waals surface area (Å²) in [6, 6.07) is 16.2. The first kappa shape index (κ1) is 25.3. The molecule has 2 aromatic carbocycles. The number of aromatic nitrogens is 2. The third kappa shape index (κ3) is 6.36. The molecule has 9 heteroatoms. The van der Waals surface area contributed by atoms with E-state index >= 15 is 0 Å². The molecule has 1 heterocycles. The molecule has 180 valence electrons. The number of aromatic amines is 1. The summed E-state index contributed by atoms with van der Waals surface area (Å²) in [5.74, 6) is -1.23. The molecule has 2 atom stereocenters. The predicted molar refractivity (Wildman–Crippen MR) is 129 cm³/mol. The van der Waals surface area contributed by atoms with Crippen molar-refractivity contribution in [2.45, 2.75) is 32.7 Å². The van der Waals surface area contributed by atoms with Crippen LogP contribution in [0.15, 0.2) is 54.6 Å². The summed E-state index contributed by atoms with van der Waals surface area (Å²) < 4.78 is 5.30. The van der Waals surface area contributed by atoms with Gasteiger partial charge >= 0.3 is 5.97 Å². The van der Waals surface area contributed by atoms with Gasteiger partial charge in [0.25, 0.3) is 5.91 Å². The summed E-state index contributed by atoms with van der Waals surface area (Å²) in [5.41, 5.74) is 1.58. The third-order valence-corrected chi connectivity index (χ3v) is 5.81. The van der Waals surface area contributed by atoms with Crippen LogP contribution in [0.1, 0.15) is 36.3 Å². The zero-order valence-corrected chi connectivity index (χ0v) is 19.8. The number of rotatable bonds is 11. The SMILES string of the molecule is CCOc1cc(C(=O)N[C@H](Cc2ccc(-c3cccc(Cl)c3)cc2)C[C@@](C)(CO)C(=O)O)n[nH]1. The lowest BCUT2D eigenvalue weighted by Gasteiger charge is -2.28. The topological polar surface area (TPSA) is 125 Å². The lowest BCUT2D eigenvalue weighted by atomic mass is 9.82. The highest BCUT2D eigenvalue weighted by atomic mass is 35.5. The Kier molecular flexibility index (Phi) is 8.31. The zero-order valence-electron chi connectivity index (χ0n) is 19.0. The molecular weight excluding hydrogens is 458 g/mol. The maximum absolute atomic E-state index is 12.8. The molecule has 0 spiro atoms. The average molecular weight is 486 g/mol. The van der Waals surface area contributed by atoms with Gasteiger partial charge in [-0.15, -0.1) is 0 Å². The number of aliphatic hydroxyl groups is 1. The van der Waals surface area contributed by atoms with Crippen molar-refractivity contribution in [3.05, 3.63) is 70.9 Å². The van der Waals surface area contributed by atoms with Crippen LogP contribution in [0.25, 0.3) is 11.1 Å². The van der Waals surface area contributed by atoms with E-state index in [1.807, 2.05) is 55.5 Å². The smallest absolute Gasteiger partial charge is 0.311 e. The Hall–Kier alpha value is -3.36. The van der Waals surface area contributed by atoms with Crippen LogP contribution < -0.4 is 10.1 Å². The number of benzene rings is 2. The maximum Gasteiger partial charge on any atom is 0.311 e. The summed E-state index contributed by atoms with van der Waals surface area (Å²) in [7, 11) is 0. The van der Waals surface area contributed by atoms with E-state index in [1.54, 1.807) is 0 Å². The Morgan fingerprint density at radius 1 is 1.18 bits per heavy atom. The second-order valence-corrected chi connectivity index (χ2v) is 8.80. The maximum atomic E-state index is 12.8. The van der Waals surface area contributed by atoms with E-state index in [0.29, 0.717) is 23.9 Å². The Morgan fingerprint density at radius 3 is 2.53 bits per heavy atom. The fraction of sp³-hybridized carbons (Fsp3) is 0.320. The van der Waals surface area contributed by atoms with Gasteiger partial charge in [-0.1, -0.05) is 48.0 Å². The van der Waals surface area contributed by atoms with Gasteiger partial charge in [-0.05, 0) is 55.5 Å². The number of hydrogen-bond acceptors (Lipinski definition) is 5. The Balaban J connectivity index is 1.80. The van der Waals surface area contributed by atoms with Gasteiger partial charge in [0.05, 0.1) is 18.6 Å². The van der Waals surface area contributed by atoms with Crippen LogP contribution in [0.2, 0.25) is 5.02 Å². The molecule has 0 aliphatic heterocycles. The molecule has 0 fully saturated rings. The van der Waals surface area contributed by atoms with E-state index in [0.717, 1.165) is 16.7 Å². The molecule has 0 radical (unpaired) electrons. The molecule has 0 aliphatic rings. The number of carboxylic acid groups (broad SMARTS) is 1. The van der Waals surface area contributed by atoms with Gasteiger partial charge in [-0.2, -0.15) is 5.10 Å². The van der Waals surface area contributed by atoms with E-state index in [4.69, 9.17) is 16.3 Å². The van der Waals surface area contributed by atoms with Crippen LogP contribution in [0, 0.1) is 5.41 Å². The zero-order chi connectivity index (χ0) is 24.7. The fourth-order valence-electron chi connectivity index (χ4n) is 3.63. The van der Waals surface area contributed by atoms with Crippen LogP contribution in [-0.2, 0) is 11.2 Å². The molecule has 0 saturated heterocycles. The highest BCUT2D eigenvalue weighted by Crippen LogP contribution is 2.27. The van der Waals surface area contributed by atoms with Gasteiger partial charge in [0.1, 0.15) is 0 Å². The van der Waals surface area contributed by atoms with Gasteiger partial charge < -0.3 is 20.3 Å². The molecule has 0 aliphatic carbocycles. The van der Waals surface area contributed by atoms with Crippen molar-refractivity contribution in [1.82, 2.24) is 15.5 Å². The molecule has 3 aromatic rings. The van der Waals surface area contributed by atoms with Crippen molar-refractivity contribution in [3.8, 4) is 17.0 Å². The Labute approximate surface area is 202 Å². The van der Waals surface area contributed by atoms with E-state index in [-0.39, 0.29) is 12.1 Å². The van der Waals surface area contributed by atoms with Crippen LogP contribution in [-0.4, -0.2) is 51.5 Å². The number of halogens is 1. The van der Waals surface area contributed by atoms with Crippen LogP contribution in [0.5, 0.6) is 5.88 Å². The quantitative estimate of drug-likeness (QED) is 0.326. The number of carbonyl (C=O) groups is 2. The van der Waals surface area contributed by atoms with Gasteiger partial charge in [0.15, 0.2) is 5.69 Å². The number of aliphatic hydroxyl groups excluding tert-OH is 1. The molecule has 0 unspecified atom stereocenters. The number of aliphatic carboxylic acids is 1. The van der Waals surface area contributed by atoms with Crippen LogP contribution in [0.3, 0.4) is 0 Å². The number of carbonyl (C=O) groups excluding carboxylic acids is 1. The van der Waals surface area contributed by atoms with Crippen molar-refractivity contribution < 1.29 is 24.5 Å². The minimum absolute atomic E-state index is 0.0311. The van der Waals surface area contributed by atoms with Crippen molar-refractivity contribution >= 4 is 23.5 Å². The number of ether oxygens (including phenoxy) is 1. The van der Waals surface area contributed by atoms with Gasteiger partial charge in [0.2, 0.25) is 5.88 Å². The van der Waals surface area contributed by atoms with E-state index in [1.165, 1.54) is 13.0 Å². The number of amides is 1. The van der Waals surface area contributed by atoms with Crippen molar-refractivity contribution in [3.63, 3.8) is 0 Å². The average Bonchev–Trinajstić information content (AvgIpc) is 3.28. The molecule has 4 N–H and O–H groups in total. The number of H-pyrrole nitrogens is 1.